The van der Waals surface area contributed by atoms with Crippen LogP contribution in [0.3, 0.4) is 0 Å². The minimum atomic E-state index is -0.681. The Balaban J connectivity index is 2.40. The van der Waals surface area contributed by atoms with Gasteiger partial charge in [-0.05, 0) is 38.5 Å². The number of hydrogen-bond acceptors (Lipinski definition) is 5. The van der Waals surface area contributed by atoms with Crippen LogP contribution >= 0.6 is 0 Å². The van der Waals surface area contributed by atoms with Crippen molar-refractivity contribution in [2.45, 2.75) is 32.9 Å². The Morgan fingerprint density at radius 2 is 2.04 bits per heavy atom. The first-order chi connectivity index (χ1) is 12.7. The third-order valence-corrected chi connectivity index (χ3v) is 4.10. The fourth-order valence-electron chi connectivity index (χ4n) is 2.75. The highest BCUT2D eigenvalue weighted by Crippen LogP contribution is 2.32. The van der Waals surface area contributed by atoms with Crippen molar-refractivity contribution in [1.29, 1.82) is 0 Å². The fraction of sp³-hybridized carbons (Fsp3) is 0.421. The molecule has 1 aliphatic heterocycles. The SMILES string of the molecule is COCC(=O)Nc1cccc([C@@H]2NC(=O)N(C)C(C)=C2C(=O)OC(C)C)c1. The lowest BCUT2D eigenvalue weighted by Gasteiger charge is -2.33. The van der Waals surface area contributed by atoms with Gasteiger partial charge < -0.3 is 25.0 Å². The molecule has 0 fully saturated rings. The van der Waals surface area contributed by atoms with Crippen LogP contribution in [0.5, 0.6) is 0 Å². The number of benzene rings is 1. The van der Waals surface area contributed by atoms with Crippen molar-refractivity contribution >= 4 is 23.6 Å². The molecule has 0 unspecified atom stereocenters. The van der Waals surface area contributed by atoms with Crippen molar-refractivity contribution < 1.29 is 23.9 Å². The number of allylic oxidation sites excluding steroid dienone is 1. The van der Waals surface area contributed by atoms with Crippen LogP contribution in [-0.2, 0) is 19.1 Å². The predicted molar refractivity (Wildman–Crippen MR) is 99.9 cm³/mol. The van der Waals surface area contributed by atoms with E-state index >= 15 is 0 Å². The summed E-state index contributed by atoms with van der Waals surface area (Å²) in [6, 6.07) is 5.93. The van der Waals surface area contributed by atoms with Crippen LogP contribution in [0.4, 0.5) is 10.5 Å². The van der Waals surface area contributed by atoms with E-state index in [2.05, 4.69) is 10.6 Å². The number of amides is 3. The normalized spacial score (nSPS) is 17.0. The molecule has 3 amide bonds. The van der Waals surface area contributed by atoms with Gasteiger partial charge in [0.2, 0.25) is 5.91 Å². The van der Waals surface area contributed by atoms with Gasteiger partial charge in [-0.15, -0.1) is 0 Å². The highest BCUT2D eigenvalue weighted by Gasteiger charge is 2.35. The van der Waals surface area contributed by atoms with Gasteiger partial charge in [-0.1, -0.05) is 12.1 Å². The minimum absolute atomic E-state index is 0.0693. The van der Waals surface area contributed by atoms with E-state index in [1.54, 1.807) is 52.1 Å². The Morgan fingerprint density at radius 1 is 1.33 bits per heavy atom. The predicted octanol–water partition coefficient (Wildman–Crippen LogP) is 2.19. The van der Waals surface area contributed by atoms with E-state index in [-0.39, 0.29) is 24.6 Å². The zero-order valence-electron chi connectivity index (χ0n) is 16.2. The van der Waals surface area contributed by atoms with Gasteiger partial charge in [-0.2, -0.15) is 0 Å². The van der Waals surface area contributed by atoms with E-state index in [4.69, 9.17) is 9.47 Å². The van der Waals surface area contributed by atoms with Crippen LogP contribution in [-0.4, -0.2) is 49.7 Å². The number of esters is 1. The summed E-state index contributed by atoms with van der Waals surface area (Å²) in [6.07, 6.45) is -0.291. The maximum Gasteiger partial charge on any atom is 0.338 e. The Kier molecular flexibility index (Phi) is 6.57. The van der Waals surface area contributed by atoms with Crippen LogP contribution in [0.15, 0.2) is 35.5 Å². The van der Waals surface area contributed by atoms with E-state index in [0.717, 1.165) is 0 Å². The Bertz CT molecular complexity index is 772. The summed E-state index contributed by atoms with van der Waals surface area (Å²) in [5.41, 5.74) is 2.06. The Hall–Kier alpha value is -2.87. The van der Waals surface area contributed by atoms with Crippen LogP contribution in [0, 0.1) is 0 Å². The van der Waals surface area contributed by atoms with Gasteiger partial charge in [0, 0.05) is 25.5 Å². The maximum absolute atomic E-state index is 12.7. The number of methoxy groups -OCH3 is 1. The molecular formula is C19H25N3O5. The van der Waals surface area contributed by atoms with Gasteiger partial charge in [0.25, 0.3) is 0 Å². The average molecular weight is 375 g/mol. The summed E-state index contributed by atoms with van der Waals surface area (Å²) in [5.74, 6) is -0.790. The maximum atomic E-state index is 12.7. The van der Waals surface area contributed by atoms with Crippen LogP contribution in [0.25, 0.3) is 0 Å². The number of carbonyl (C=O) groups excluding carboxylic acids is 3. The molecule has 0 spiro atoms. The zero-order valence-corrected chi connectivity index (χ0v) is 16.2. The first-order valence-corrected chi connectivity index (χ1v) is 8.59. The first-order valence-electron chi connectivity index (χ1n) is 8.59. The number of ether oxygens (including phenoxy) is 2. The quantitative estimate of drug-likeness (QED) is 0.743. The van der Waals surface area contributed by atoms with E-state index in [9.17, 15) is 14.4 Å². The Morgan fingerprint density at radius 3 is 2.67 bits per heavy atom. The molecule has 0 saturated carbocycles. The molecule has 0 bridgehead atoms. The van der Waals surface area contributed by atoms with E-state index in [0.29, 0.717) is 22.5 Å². The van der Waals surface area contributed by atoms with Crippen LogP contribution in [0.2, 0.25) is 0 Å². The molecule has 8 nitrogen and oxygen atoms in total. The van der Waals surface area contributed by atoms with Crippen molar-refractivity contribution in [3.8, 4) is 0 Å². The molecule has 27 heavy (non-hydrogen) atoms. The fourth-order valence-corrected chi connectivity index (χ4v) is 2.75. The van der Waals surface area contributed by atoms with Gasteiger partial charge in [0.15, 0.2) is 0 Å². The second kappa shape index (κ2) is 8.68. The van der Waals surface area contributed by atoms with Crippen molar-refractivity contribution in [2.24, 2.45) is 0 Å². The Labute approximate surface area is 158 Å². The monoisotopic (exact) mass is 375 g/mol. The molecule has 146 valence electrons. The largest absolute Gasteiger partial charge is 0.459 e. The van der Waals surface area contributed by atoms with Gasteiger partial charge in [-0.3, -0.25) is 4.79 Å². The number of urea groups is 1. The summed E-state index contributed by atoms with van der Waals surface area (Å²) in [7, 11) is 3.02. The lowest BCUT2D eigenvalue weighted by Crippen LogP contribution is -2.46. The molecule has 0 radical (unpaired) electrons. The highest BCUT2D eigenvalue weighted by atomic mass is 16.5. The first kappa shape index (κ1) is 20.4. The summed E-state index contributed by atoms with van der Waals surface area (Å²) in [5, 5.41) is 5.52. The van der Waals surface area contributed by atoms with Gasteiger partial charge in [-0.25, -0.2) is 9.59 Å². The van der Waals surface area contributed by atoms with Gasteiger partial charge >= 0.3 is 12.0 Å². The van der Waals surface area contributed by atoms with Crippen molar-refractivity contribution in [2.75, 3.05) is 26.1 Å². The molecule has 2 N–H and O–H groups in total. The standard InChI is InChI=1S/C19H25N3O5/c1-11(2)27-18(24)16-12(3)22(4)19(25)21-17(16)13-7-6-8-14(9-13)20-15(23)10-26-5/h6-9,11,17H,10H2,1-5H3,(H,20,23)(H,21,25)/t17-/m0/s1. The summed E-state index contributed by atoms with van der Waals surface area (Å²) in [4.78, 5) is 38.0. The van der Waals surface area contributed by atoms with Gasteiger partial charge in [0.05, 0.1) is 17.7 Å². The van der Waals surface area contributed by atoms with Crippen molar-refractivity contribution in [1.82, 2.24) is 10.2 Å². The number of hydrogen-bond donors (Lipinski definition) is 2. The topological polar surface area (TPSA) is 97.0 Å². The lowest BCUT2D eigenvalue weighted by atomic mass is 9.94. The zero-order chi connectivity index (χ0) is 20.1. The molecular weight excluding hydrogens is 350 g/mol. The molecule has 0 saturated heterocycles. The second-order valence-electron chi connectivity index (χ2n) is 6.50. The van der Waals surface area contributed by atoms with E-state index < -0.39 is 12.0 Å². The molecule has 1 aromatic carbocycles. The van der Waals surface area contributed by atoms with Crippen LogP contribution in [0.1, 0.15) is 32.4 Å². The third kappa shape index (κ3) is 4.85. The number of anilines is 1. The molecule has 1 atom stereocenters. The summed E-state index contributed by atoms with van der Waals surface area (Å²) < 4.78 is 10.2. The lowest BCUT2D eigenvalue weighted by molar-refractivity contribution is -0.143. The second-order valence-corrected chi connectivity index (χ2v) is 6.50. The van der Waals surface area contributed by atoms with Gasteiger partial charge in [0.1, 0.15) is 6.61 Å². The highest BCUT2D eigenvalue weighted by molar-refractivity contribution is 5.95. The molecule has 1 aliphatic rings. The average Bonchev–Trinajstić information content (AvgIpc) is 2.59. The van der Waals surface area contributed by atoms with Crippen molar-refractivity contribution in [3.05, 3.63) is 41.1 Å². The van der Waals surface area contributed by atoms with E-state index in [1.165, 1.54) is 12.0 Å². The minimum Gasteiger partial charge on any atom is -0.459 e. The number of rotatable bonds is 6. The third-order valence-electron chi connectivity index (χ3n) is 4.10. The summed E-state index contributed by atoms with van der Waals surface area (Å²) in [6.45, 7) is 5.16. The van der Waals surface area contributed by atoms with Crippen LogP contribution < -0.4 is 10.6 Å². The number of nitrogens with zero attached hydrogens (tertiary/aromatic N) is 1. The molecule has 2 rings (SSSR count). The molecule has 8 heteroatoms. The smallest absolute Gasteiger partial charge is 0.338 e. The molecule has 1 heterocycles. The summed E-state index contributed by atoms with van der Waals surface area (Å²) >= 11 is 0. The van der Waals surface area contributed by atoms with Crippen molar-refractivity contribution in [3.63, 3.8) is 0 Å². The molecule has 0 aliphatic carbocycles. The molecule has 1 aromatic rings. The number of carbonyl (C=O) groups is 3. The number of nitrogens with one attached hydrogen (secondary N) is 2. The van der Waals surface area contributed by atoms with E-state index in [1.807, 2.05) is 0 Å². The molecule has 0 aromatic heterocycles.